The number of hydrogen-bond donors (Lipinski definition) is 0. The van der Waals surface area contributed by atoms with Gasteiger partial charge in [0.15, 0.2) is 28.9 Å². The smallest absolute Gasteiger partial charge is 0.180 e. The fraction of sp³-hybridized carbons (Fsp3) is 0.0563. The second-order valence-corrected chi connectivity index (χ2v) is 21.1. The van der Waals surface area contributed by atoms with E-state index < -0.39 is 5.41 Å². The Balaban J connectivity index is 0.971. The van der Waals surface area contributed by atoms with Crippen LogP contribution in [0, 0.1) is 0 Å². The highest BCUT2D eigenvalue weighted by Crippen LogP contribution is 2.63. The van der Waals surface area contributed by atoms with Crippen molar-refractivity contribution in [3.63, 3.8) is 0 Å². The molecule has 7 nitrogen and oxygen atoms in total. The molecular weight excluding hydrogens is 953 g/mol. The van der Waals surface area contributed by atoms with Crippen LogP contribution in [0.1, 0.15) is 47.2 Å². The lowest BCUT2D eigenvalue weighted by Gasteiger charge is -2.46. The van der Waals surface area contributed by atoms with E-state index >= 15 is 0 Å². The third-order valence-corrected chi connectivity index (χ3v) is 16.5. The van der Waals surface area contributed by atoms with Crippen molar-refractivity contribution in [3.05, 3.63) is 276 Å². The highest BCUT2D eigenvalue weighted by atomic mass is 16.3. The van der Waals surface area contributed by atoms with Gasteiger partial charge in [0, 0.05) is 55.1 Å². The summed E-state index contributed by atoms with van der Waals surface area (Å²) >= 11 is 0. The van der Waals surface area contributed by atoms with Crippen LogP contribution in [-0.2, 0) is 10.8 Å². The molecule has 7 heteroatoms. The van der Waals surface area contributed by atoms with Gasteiger partial charge >= 0.3 is 0 Å². The Morgan fingerprint density at radius 2 is 0.910 bits per heavy atom. The van der Waals surface area contributed by atoms with Crippen LogP contribution in [0.4, 0.5) is 0 Å². The van der Waals surface area contributed by atoms with E-state index in [0.717, 1.165) is 88.6 Å². The second-order valence-electron chi connectivity index (χ2n) is 21.1. The molecule has 0 aliphatic heterocycles. The molecule has 0 saturated heterocycles. The first-order chi connectivity index (χ1) is 38.4. The maximum atomic E-state index is 6.78. The number of rotatable bonds is 6. The number of fused-ring (bicyclic) bond motifs is 15. The molecule has 78 heavy (non-hydrogen) atoms. The summed E-state index contributed by atoms with van der Waals surface area (Å²) in [6.45, 7) is 4.72. The molecule has 0 N–H and O–H groups in total. The molecule has 14 aromatic rings. The van der Waals surface area contributed by atoms with E-state index in [0.29, 0.717) is 28.9 Å². The van der Waals surface area contributed by atoms with Crippen molar-refractivity contribution in [2.45, 2.75) is 24.7 Å². The minimum Gasteiger partial charge on any atom is -0.452 e. The van der Waals surface area contributed by atoms with Crippen molar-refractivity contribution in [3.8, 4) is 73.6 Å². The number of hydrogen-bond acceptors (Lipinski definition) is 6. The third kappa shape index (κ3) is 6.30. The molecule has 366 valence electrons. The first kappa shape index (κ1) is 44.2. The Morgan fingerprint density at radius 3 is 1.62 bits per heavy atom. The average Bonchev–Trinajstić information content (AvgIpc) is 3.93. The number of aromatic nitrogens is 6. The number of nitrogens with zero attached hydrogens (tertiary/aromatic N) is 6. The molecule has 16 rings (SSSR count). The fourth-order valence-electron chi connectivity index (χ4n) is 13.1. The van der Waals surface area contributed by atoms with E-state index in [1.54, 1.807) is 0 Å². The standard InChI is InChI=1S/C71H46N6O/c1-70(2)54-30-14-16-32-56(54)71(57-33-17-15-31-55(57)70)53-39-37-46(42-52(53)62-50(29-20-34-58(62)71)69-75-66(43-21-6-3-7-22-43)74-67(76-69)44-23-8-4-9-24-44)68-72-63(65-64(73-68)49-28-13-19-36-61(49)78-65)45-38-40-60-51(41-45)48-27-12-18-35-59(48)77(60)47-25-10-5-11-26-47/h3-42H,1-2H3. The SMILES string of the molecule is CC1(C)c2ccccc2C2(c3ccc(-c4nc(-c5ccc6c(c5)c5ccccc5n6-c5ccccc5)c5oc6ccccc6c5n4)cc3-c3c(-c4nc(-c5ccccc5)nc(-c5ccccc5)n4)cccc32)c2ccccc21. The van der Waals surface area contributed by atoms with E-state index in [2.05, 4.69) is 206 Å². The third-order valence-electron chi connectivity index (χ3n) is 16.5. The predicted molar refractivity (Wildman–Crippen MR) is 314 cm³/mol. The first-order valence-electron chi connectivity index (χ1n) is 26.6. The van der Waals surface area contributed by atoms with E-state index in [9.17, 15) is 0 Å². The Hall–Kier alpha value is -10.1. The lowest BCUT2D eigenvalue weighted by Crippen LogP contribution is -2.40. The molecular formula is C71H46N6O. The van der Waals surface area contributed by atoms with E-state index in [4.69, 9.17) is 29.3 Å². The summed E-state index contributed by atoms with van der Waals surface area (Å²) in [5.74, 6) is 2.41. The fourth-order valence-corrected chi connectivity index (χ4v) is 13.1. The molecule has 0 fully saturated rings. The van der Waals surface area contributed by atoms with Crippen LogP contribution in [0.15, 0.2) is 247 Å². The quantitative estimate of drug-likeness (QED) is 0.165. The average molecular weight is 999 g/mol. The van der Waals surface area contributed by atoms with Gasteiger partial charge in [0.05, 0.1) is 16.4 Å². The van der Waals surface area contributed by atoms with Crippen LogP contribution in [0.2, 0.25) is 0 Å². The van der Waals surface area contributed by atoms with Crippen molar-refractivity contribution in [1.82, 2.24) is 29.5 Å². The zero-order chi connectivity index (χ0) is 51.7. The molecule has 0 saturated carbocycles. The van der Waals surface area contributed by atoms with Crippen molar-refractivity contribution in [1.29, 1.82) is 0 Å². The van der Waals surface area contributed by atoms with Crippen LogP contribution < -0.4 is 0 Å². The molecule has 0 bridgehead atoms. The van der Waals surface area contributed by atoms with Crippen LogP contribution in [0.25, 0.3) is 117 Å². The molecule has 1 spiro atoms. The largest absolute Gasteiger partial charge is 0.452 e. The van der Waals surface area contributed by atoms with Gasteiger partial charge in [0.2, 0.25) is 0 Å². The number of benzene rings is 10. The van der Waals surface area contributed by atoms with Gasteiger partial charge in [-0.05, 0) is 93.0 Å². The summed E-state index contributed by atoms with van der Waals surface area (Å²) in [4.78, 5) is 27.0. The highest BCUT2D eigenvalue weighted by molar-refractivity contribution is 6.12. The van der Waals surface area contributed by atoms with Gasteiger partial charge < -0.3 is 8.98 Å². The molecule has 4 heterocycles. The summed E-state index contributed by atoms with van der Waals surface area (Å²) < 4.78 is 9.12. The zero-order valence-electron chi connectivity index (χ0n) is 42.7. The van der Waals surface area contributed by atoms with E-state index in [-0.39, 0.29) is 5.41 Å². The lowest BCUT2D eigenvalue weighted by atomic mass is 9.55. The Kier molecular flexibility index (Phi) is 9.46. The summed E-state index contributed by atoms with van der Waals surface area (Å²) in [7, 11) is 0. The molecule has 2 aliphatic carbocycles. The molecule has 0 unspecified atom stereocenters. The molecule has 0 amide bonds. The van der Waals surface area contributed by atoms with Crippen LogP contribution >= 0.6 is 0 Å². The van der Waals surface area contributed by atoms with E-state index in [1.807, 2.05) is 54.6 Å². The van der Waals surface area contributed by atoms with Gasteiger partial charge in [-0.2, -0.15) is 0 Å². The summed E-state index contributed by atoms with van der Waals surface area (Å²) in [6, 6.07) is 86.1. The summed E-state index contributed by atoms with van der Waals surface area (Å²) in [6.07, 6.45) is 0. The maximum Gasteiger partial charge on any atom is 0.180 e. The molecule has 0 radical (unpaired) electrons. The molecule has 2 aliphatic rings. The zero-order valence-corrected chi connectivity index (χ0v) is 42.7. The Morgan fingerprint density at radius 1 is 0.359 bits per heavy atom. The van der Waals surface area contributed by atoms with Crippen molar-refractivity contribution in [2.75, 3.05) is 0 Å². The highest BCUT2D eigenvalue weighted by Gasteiger charge is 2.54. The van der Waals surface area contributed by atoms with Crippen molar-refractivity contribution >= 4 is 43.9 Å². The van der Waals surface area contributed by atoms with Gasteiger partial charge in [-0.25, -0.2) is 24.9 Å². The summed E-state index contributed by atoms with van der Waals surface area (Å²) in [5.41, 5.74) is 19.5. The van der Waals surface area contributed by atoms with Gasteiger partial charge in [0.1, 0.15) is 16.8 Å². The maximum absolute atomic E-state index is 6.78. The minimum absolute atomic E-state index is 0.269. The van der Waals surface area contributed by atoms with E-state index in [1.165, 1.54) is 33.4 Å². The van der Waals surface area contributed by atoms with Crippen LogP contribution in [-0.4, -0.2) is 29.5 Å². The minimum atomic E-state index is -0.690. The molecule has 4 aromatic heterocycles. The van der Waals surface area contributed by atoms with Crippen LogP contribution in [0.3, 0.4) is 0 Å². The monoisotopic (exact) mass is 998 g/mol. The summed E-state index contributed by atoms with van der Waals surface area (Å²) in [5, 5.41) is 3.22. The number of furan rings is 1. The first-order valence-corrected chi connectivity index (χ1v) is 26.6. The number of para-hydroxylation sites is 3. The molecule has 10 aromatic carbocycles. The Bertz CT molecular complexity index is 4660. The van der Waals surface area contributed by atoms with Crippen LogP contribution in [0.5, 0.6) is 0 Å². The van der Waals surface area contributed by atoms with Gasteiger partial charge in [-0.3, -0.25) is 0 Å². The van der Waals surface area contributed by atoms with Gasteiger partial charge in [-0.1, -0.05) is 208 Å². The van der Waals surface area contributed by atoms with Crippen molar-refractivity contribution < 1.29 is 4.42 Å². The normalized spacial score (nSPS) is 13.7. The van der Waals surface area contributed by atoms with Gasteiger partial charge in [-0.15, -0.1) is 0 Å². The predicted octanol–water partition coefficient (Wildman–Crippen LogP) is 17.0. The topological polar surface area (TPSA) is 82.5 Å². The second kappa shape index (κ2) is 16.7. The molecule has 0 atom stereocenters. The van der Waals surface area contributed by atoms with Gasteiger partial charge in [0.25, 0.3) is 0 Å². The van der Waals surface area contributed by atoms with Crippen molar-refractivity contribution in [2.24, 2.45) is 0 Å². The lowest BCUT2D eigenvalue weighted by molar-refractivity contribution is 0.563. The Labute approximate surface area is 449 Å².